The monoisotopic (exact) mass is 285 g/mol. The molecule has 0 bridgehead atoms. The molecular formula is C11H10F3N5O. The molecule has 0 aliphatic rings. The summed E-state index contributed by atoms with van der Waals surface area (Å²) in [6.45, 7) is 1.59. The molecule has 2 rings (SSSR count). The Morgan fingerprint density at radius 1 is 1.40 bits per heavy atom. The van der Waals surface area contributed by atoms with Gasteiger partial charge in [-0.15, -0.1) is 0 Å². The Morgan fingerprint density at radius 2 is 2.10 bits per heavy atom. The number of amides is 1. The van der Waals surface area contributed by atoms with Crippen molar-refractivity contribution >= 4 is 11.7 Å². The van der Waals surface area contributed by atoms with Crippen molar-refractivity contribution in [1.82, 2.24) is 19.7 Å². The molecule has 1 amide bonds. The lowest BCUT2D eigenvalue weighted by molar-refractivity contribution is -0.143. The number of rotatable bonds is 2. The van der Waals surface area contributed by atoms with Crippen LogP contribution in [0.25, 0.3) is 0 Å². The zero-order valence-electron chi connectivity index (χ0n) is 10.6. The van der Waals surface area contributed by atoms with Crippen LogP contribution < -0.4 is 5.32 Å². The van der Waals surface area contributed by atoms with E-state index < -0.39 is 17.8 Å². The average molecular weight is 285 g/mol. The van der Waals surface area contributed by atoms with Gasteiger partial charge >= 0.3 is 6.18 Å². The van der Waals surface area contributed by atoms with E-state index in [-0.39, 0.29) is 11.4 Å². The van der Waals surface area contributed by atoms with Crippen molar-refractivity contribution in [3.05, 3.63) is 35.5 Å². The first-order valence-corrected chi connectivity index (χ1v) is 5.48. The summed E-state index contributed by atoms with van der Waals surface area (Å²) in [6.07, 6.45) is -1.98. The molecule has 2 heterocycles. The Bertz CT molecular complexity index is 650. The molecule has 0 saturated carbocycles. The van der Waals surface area contributed by atoms with Gasteiger partial charge in [-0.2, -0.15) is 18.3 Å². The highest BCUT2D eigenvalue weighted by Crippen LogP contribution is 2.30. The third-order valence-corrected chi connectivity index (χ3v) is 2.57. The topological polar surface area (TPSA) is 72.7 Å². The lowest BCUT2D eigenvalue weighted by atomic mass is 10.2. The predicted octanol–water partition coefficient (Wildman–Crippen LogP) is 1.79. The number of hydrogen-bond acceptors (Lipinski definition) is 4. The van der Waals surface area contributed by atoms with E-state index in [0.29, 0.717) is 10.4 Å². The number of halogens is 3. The summed E-state index contributed by atoms with van der Waals surface area (Å²) >= 11 is 0. The minimum atomic E-state index is -4.53. The number of carbonyl (C=O) groups excluding carboxylic acids is 1. The molecular weight excluding hydrogens is 275 g/mol. The number of anilines is 1. The summed E-state index contributed by atoms with van der Waals surface area (Å²) in [5, 5.41) is 5.88. The molecule has 20 heavy (non-hydrogen) atoms. The van der Waals surface area contributed by atoms with Crippen molar-refractivity contribution in [2.45, 2.75) is 13.1 Å². The van der Waals surface area contributed by atoms with Crippen molar-refractivity contribution in [1.29, 1.82) is 0 Å². The summed E-state index contributed by atoms with van der Waals surface area (Å²) in [6, 6.07) is 0.761. The Balaban J connectivity index is 2.23. The molecule has 0 fully saturated rings. The van der Waals surface area contributed by atoms with Crippen molar-refractivity contribution in [2.24, 2.45) is 7.05 Å². The Hall–Kier alpha value is -2.45. The van der Waals surface area contributed by atoms with Crippen LogP contribution in [0.5, 0.6) is 0 Å². The molecule has 0 aliphatic carbocycles. The summed E-state index contributed by atoms with van der Waals surface area (Å²) < 4.78 is 38.4. The lowest BCUT2D eigenvalue weighted by Crippen LogP contribution is -2.15. The molecule has 1 N–H and O–H groups in total. The lowest BCUT2D eigenvalue weighted by Gasteiger charge is -2.04. The molecule has 106 valence electrons. The third-order valence-electron chi connectivity index (χ3n) is 2.57. The zero-order valence-corrected chi connectivity index (χ0v) is 10.6. The smallest absolute Gasteiger partial charge is 0.305 e. The minimum absolute atomic E-state index is 0.173. The van der Waals surface area contributed by atoms with Crippen LogP contribution >= 0.6 is 0 Å². The third kappa shape index (κ3) is 2.76. The van der Waals surface area contributed by atoms with Crippen molar-refractivity contribution < 1.29 is 18.0 Å². The van der Waals surface area contributed by atoms with E-state index in [4.69, 9.17) is 0 Å². The molecule has 0 radical (unpaired) electrons. The Morgan fingerprint density at radius 3 is 2.65 bits per heavy atom. The number of aryl methyl sites for hydroxylation is 2. The summed E-state index contributed by atoms with van der Waals surface area (Å²) in [4.78, 5) is 19.4. The molecule has 0 unspecified atom stereocenters. The van der Waals surface area contributed by atoms with E-state index in [1.165, 1.54) is 12.5 Å². The van der Waals surface area contributed by atoms with E-state index in [1.807, 2.05) is 0 Å². The summed E-state index contributed by atoms with van der Waals surface area (Å²) in [5.74, 6) is -0.803. The van der Waals surface area contributed by atoms with Crippen LogP contribution in [0.3, 0.4) is 0 Å². The molecule has 6 nitrogen and oxygen atoms in total. The molecule has 0 aromatic carbocycles. The number of hydrogen-bond donors (Lipinski definition) is 1. The van der Waals surface area contributed by atoms with Crippen LogP contribution in [-0.4, -0.2) is 25.7 Å². The van der Waals surface area contributed by atoms with E-state index >= 15 is 0 Å². The van der Waals surface area contributed by atoms with E-state index in [1.54, 1.807) is 6.92 Å². The Labute approximate surface area is 111 Å². The van der Waals surface area contributed by atoms with Crippen molar-refractivity contribution in [3.8, 4) is 0 Å². The normalized spacial score (nSPS) is 11.4. The highest BCUT2D eigenvalue weighted by atomic mass is 19.4. The average Bonchev–Trinajstić information content (AvgIpc) is 2.70. The molecule has 0 aliphatic heterocycles. The maximum absolute atomic E-state index is 12.6. The second-order valence-corrected chi connectivity index (χ2v) is 4.01. The summed E-state index contributed by atoms with van der Waals surface area (Å²) in [5.41, 5.74) is -0.356. The molecule has 2 aromatic heterocycles. The van der Waals surface area contributed by atoms with Gasteiger partial charge in [0.05, 0.1) is 11.3 Å². The first-order chi connectivity index (χ1) is 9.29. The van der Waals surface area contributed by atoms with E-state index in [0.717, 1.165) is 13.1 Å². The van der Waals surface area contributed by atoms with Gasteiger partial charge in [-0.25, -0.2) is 9.97 Å². The summed E-state index contributed by atoms with van der Waals surface area (Å²) in [7, 11) is 1.15. The van der Waals surface area contributed by atoms with Gasteiger partial charge in [0.2, 0.25) is 0 Å². The number of carbonyl (C=O) groups is 1. The van der Waals surface area contributed by atoms with Gasteiger partial charge < -0.3 is 5.32 Å². The molecule has 2 aromatic rings. The number of nitrogens with zero attached hydrogens (tertiary/aromatic N) is 4. The molecule has 0 spiro atoms. The van der Waals surface area contributed by atoms with Crippen molar-refractivity contribution in [3.63, 3.8) is 0 Å². The maximum atomic E-state index is 12.6. The SMILES string of the molecule is Cc1ncncc1C(=O)Nc1cc(C(F)(F)F)n(C)n1. The zero-order chi connectivity index (χ0) is 14.9. The fourth-order valence-corrected chi connectivity index (χ4v) is 1.59. The van der Waals surface area contributed by atoms with Gasteiger partial charge in [-0.3, -0.25) is 9.48 Å². The van der Waals surface area contributed by atoms with Gasteiger partial charge in [-0.05, 0) is 6.92 Å². The van der Waals surface area contributed by atoms with Gasteiger partial charge in [0.15, 0.2) is 5.82 Å². The van der Waals surface area contributed by atoms with Crippen molar-refractivity contribution in [2.75, 3.05) is 5.32 Å². The van der Waals surface area contributed by atoms with Crippen LogP contribution in [-0.2, 0) is 13.2 Å². The van der Waals surface area contributed by atoms with Crippen LogP contribution in [0.2, 0.25) is 0 Å². The minimum Gasteiger partial charge on any atom is -0.305 e. The fraction of sp³-hybridized carbons (Fsp3) is 0.273. The number of aromatic nitrogens is 4. The maximum Gasteiger partial charge on any atom is 0.433 e. The van der Waals surface area contributed by atoms with Gasteiger partial charge in [0.1, 0.15) is 12.0 Å². The van der Waals surface area contributed by atoms with Gasteiger partial charge in [0, 0.05) is 19.3 Å². The van der Waals surface area contributed by atoms with Crippen LogP contribution in [0.1, 0.15) is 21.7 Å². The highest BCUT2D eigenvalue weighted by molar-refractivity contribution is 6.04. The van der Waals surface area contributed by atoms with Crippen LogP contribution in [0, 0.1) is 6.92 Å². The first-order valence-electron chi connectivity index (χ1n) is 5.48. The molecule has 0 atom stereocenters. The predicted molar refractivity (Wildman–Crippen MR) is 62.9 cm³/mol. The number of alkyl halides is 3. The standard InChI is InChI=1S/C11H10F3N5O/c1-6-7(4-15-5-16-6)10(20)17-9-3-8(11(12,13)14)19(2)18-9/h3-5H,1-2H3,(H,17,18,20). The van der Waals surface area contributed by atoms with Crippen LogP contribution in [0.15, 0.2) is 18.6 Å². The van der Waals surface area contributed by atoms with E-state index in [9.17, 15) is 18.0 Å². The highest BCUT2D eigenvalue weighted by Gasteiger charge is 2.35. The van der Waals surface area contributed by atoms with Gasteiger partial charge in [-0.1, -0.05) is 0 Å². The second kappa shape index (κ2) is 4.91. The first kappa shape index (κ1) is 14.0. The molecule has 0 saturated heterocycles. The molecule has 9 heteroatoms. The second-order valence-electron chi connectivity index (χ2n) is 4.01. The van der Waals surface area contributed by atoms with Gasteiger partial charge in [0.25, 0.3) is 5.91 Å². The Kier molecular flexibility index (Phi) is 3.43. The fourth-order valence-electron chi connectivity index (χ4n) is 1.59. The van der Waals surface area contributed by atoms with Crippen LogP contribution in [0.4, 0.5) is 19.0 Å². The largest absolute Gasteiger partial charge is 0.433 e. The quantitative estimate of drug-likeness (QED) is 0.913. The van der Waals surface area contributed by atoms with E-state index in [2.05, 4.69) is 20.4 Å². The number of nitrogens with one attached hydrogen (secondary N) is 1.